The number of nitriles is 1. The predicted molar refractivity (Wildman–Crippen MR) is 113 cm³/mol. The van der Waals surface area contributed by atoms with Crippen LogP contribution in [0.1, 0.15) is 24.0 Å². The molecule has 2 aromatic carbocycles. The number of fused-ring (bicyclic) bond motifs is 1. The molecule has 0 aromatic heterocycles. The summed E-state index contributed by atoms with van der Waals surface area (Å²) >= 11 is 0. The van der Waals surface area contributed by atoms with Crippen molar-refractivity contribution in [3.8, 4) is 23.3 Å². The molecule has 2 unspecified atom stereocenters. The van der Waals surface area contributed by atoms with Gasteiger partial charge in [0.1, 0.15) is 6.10 Å². The standard InChI is InChI=1S/C24H24N2O3/c1-27-22-13-18(12-16(14-25)15-26-19-6-4-3-5-7-19)20-10-11-21(17-8-9-17)29-23(20)24(22)28-2/h3-7,10-11,13,15-17,21H,8-9,12H2,1-2H3. The highest BCUT2D eigenvalue weighted by molar-refractivity contribution is 5.74. The fourth-order valence-electron chi connectivity index (χ4n) is 3.60. The normalized spacial score (nSPS) is 18.6. The maximum absolute atomic E-state index is 9.67. The minimum absolute atomic E-state index is 0.0720. The maximum Gasteiger partial charge on any atom is 0.203 e. The van der Waals surface area contributed by atoms with Crippen LogP contribution < -0.4 is 14.2 Å². The number of rotatable bonds is 7. The lowest BCUT2D eigenvalue weighted by Crippen LogP contribution is -2.20. The molecule has 0 saturated heterocycles. The van der Waals surface area contributed by atoms with Gasteiger partial charge in [0.2, 0.25) is 5.75 Å². The van der Waals surface area contributed by atoms with Gasteiger partial charge in [-0.05, 0) is 55.0 Å². The van der Waals surface area contributed by atoms with E-state index in [0.717, 1.165) is 16.8 Å². The molecule has 0 spiro atoms. The summed E-state index contributed by atoms with van der Waals surface area (Å²) in [6.07, 6.45) is 8.89. The van der Waals surface area contributed by atoms with Crippen molar-refractivity contribution in [2.45, 2.75) is 25.4 Å². The molecule has 1 heterocycles. The lowest BCUT2D eigenvalue weighted by molar-refractivity contribution is 0.209. The van der Waals surface area contributed by atoms with Gasteiger partial charge in [-0.1, -0.05) is 24.3 Å². The summed E-state index contributed by atoms with van der Waals surface area (Å²) in [6.45, 7) is 0. The molecule has 0 amide bonds. The Morgan fingerprint density at radius 2 is 2.03 bits per heavy atom. The van der Waals surface area contributed by atoms with E-state index >= 15 is 0 Å². The molecule has 2 atom stereocenters. The summed E-state index contributed by atoms with van der Waals surface area (Å²) in [5.74, 6) is 2.13. The van der Waals surface area contributed by atoms with Gasteiger partial charge in [-0.15, -0.1) is 0 Å². The molecule has 0 N–H and O–H groups in total. The molecule has 1 aliphatic carbocycles. The number of aliphatic imine (C=N–C) groups is 1. The fraction of sp³-hybridized carbons (Fsp3) is 0.333. The average molecular weight is 388 g/mol. The van der Waals surface area contributed by atoms with Crippen LogP contribution in [0.3, 0.4) is 0 Å². The summed E-state index contributed by atoms with van der Waals surface area (Å²) in [5.41, 5.74) is 2.76. The minimum Gasteiger partial charge on any atom is -0.493 e. The Morgan fingerprint density at radius 1 is 1.24 bits per heavy atom. The highest BCUT2D eigenvalue weighted by Crippen LogP contribution is 2.48. The van der Waals surface area contributed by atoms with Crippen molar-refractivity contribution in [2.75, 3.05) is 14.2 Å². The van der Waals surface area contributed by atoms with Crippen molar-refractivity contribution in [3.63, 3.8) is 0 Å². The molecule has 4 rings (SSSR count). The van der Waals surface area contributed by atoms with Crippen LogP contribution in [0.2, 0.25) is 0 Å². The van der Waals surface area contributed by atoms with Crippen molar-refractivity contribution < 1.29 is 14.2 Å². The van der Waals surface area contributed by atoms with Gasteiger partial charge in [0.15, 0.2) is 11.5 Å². The Kier molecular flexibility index (Phi) is 5.53. The minimum atomic E-state index is -0.369. The molecule has 5 nitrogen and oxygen atoms in total. The van der Waals surface area contributed by atoms with Crippen LogP contribution in [-0.4, -0.2) is 26.5 Å². The van der Waals surface area contributed by atoms with Gasteiger partial charge in [0, 0.05) is 11.8 Å². The first-order valence-electron chi connectivity index (χ1n) is 9.85. The van der Waals surface area contributed by atoms with Gasteiger partial charge in [-0.2, -0.15) is 5.26 Å². The first kappa shape index (κ1) is 19.1. The highest BCUT2D eigenvalue weighted by atomic mass is 16.5. The number of benzene rings is 2. The van der Waals surface area contributed by atoms with E-state index in [9.17, 15) is 5.26 Å². The molecule has 2 aromatic rings. The third kappa shape index (κ3) is 4.12. The zero-order chi connectivity index (χ0) is 20.2. The van der Waals surface area contributed by atoms with E-state index in [1.54, 1.807) is 20.4 Å². The third-order valence-corrected chi connectivity index (χ3v) is 5.31. The first-order valence-corrected chi connectivity index (χ1v) is 9.85. The largest absolute Gasteiger partial charge is 0.493 e. The second-order valence-corrected chi connectivity index (χ2v) is 7.35. The smallest absolute Gasteiger partial charge is 0.203 e. The summed E-state index contributed by atoms with van der Waals surface area (Å²) in [6, 6.07) is 13.9. The monoisotopic (exact) mass is 388 g/mol. The summed E-state index contributed by atoms with van der Waals surface area (Å²) in [4.78, 5) is 4.45. The molecule has 5 heteroatoms. The Morgan fingerprint density at radius 3 is 2.69 bits per heavy atom. The van der Waals surface area contributed by atoms with Gasteiger partial charge in [-0.25, -0.2) is 0 Å². The summed E-state index contributed by atoms with van der Waals surface area (Å²) < 4.78 is 17.4. The van der Waals surface area contributed by atoms with E-state index < -0.39 is 0 Å². The lowest BCUT2D eigenvalue weighted by atomic mass is 9.93. The lowest BCUT2D eigenvalue weighted by Gasteiger charge is -2.26. The molecular weight excluding hydrogens is 364 g/mol. The fourth-order valence-corrected chi connectivity index (χ4v) is 3.60. The average Bonchev–Trinajstić information content (AvgIpc) is 3.62. The van der Waals surface area contributed by atoms with Crippen LogP contribution in [0.25, 0.3) is 6.08 Å². The molecule has 29 heavy (non-hydrogen) atoms. The molecule has 1 aliphatic heterocycles. The summed E-state index contributed by atoms with van der Waals surface area (Å²) in [7, 11) is 3.24. The van der Waals surface area contributed by atoms with Crippen LogP contribution in [0, 0.1) is 23.2 Å². The van der Waals surface area contributed by atoms with Crippen LogP contribution in [0.4, 0.5) is 5.69 Å². The van der Waals surface area contributed by atoms with Crippen molar-refractivity contribution in [1.82, 2.24) is 0 Å². The number of hydrogen-bond acceptors (Lipinski definition) is 5. The van der Waals surface area contributed by atoms with Gasteiger partial charge in [0.25, 0.3) is 0 Å². The predicted octanol–water partition coefficient (Wildman–Crippen LogP) is 4.97. The third-order valence-electron chi connectivity index (χ3n) is 5.31. The Bertz CT molecular complexity index is 972. The quantitative estimate of drug-likeness (QED) is 0.628. The van der Waals surface area contributed by atoms with Crippen molar-refractivity contribution in [2.24, 2.45) is 16.8 Å². The Labute approximate surface area is 171 Å². The van der Waals surface area contributed by atoms with E-state index in [0.29, 0.717) is 29.6 Å². The molecule has 1 fully saturated rings. The number of ether oxygens (including phenoxy) is 3. The van der Waals surface area contributed by atoms with Crippen LogP contribution >= 0.6 is 0 Å². The molecule has 148 valence electrons. The van der Waals surface area contributed by atoms with Crippen molar-refractivity contribution in [3.05, 3.63) is 53.6 Å². The topological polar surface area (TPSA) is 63.8 Å². The first-order chi connectivity index (χ1) is 14.2. The van der Waals surface area contributed by atoms with E-state index in [2.05, 4.69) is 23.2 Å². The molecular formula is C24H24N2O3. The van der Waals surface area contributed by atoms with Crippen molar-refractivity contribution >= 4 is 18.0 Å². The van der Waals surface area contributed by atoms with E-state index in [4.69, 9.17) is 14.2 Å². The molecule has 0 radical (unpaired) electrons. The van der Waals surface area contributed by atoms with Crippen LogP contribution in [0.15, 0.2) is 47.5 Å². The Balaban J connectivity index is 1.65. The number of para-hydroxylation sites is 1. The SMILES string of the molecule is COc1cc(CC(C#N)C=Nc2ccccc2)c2c(c1OC)OC(C1CC1)C=C2. The van der Waals surface area contributed by atoms with Gasteiger partial charge >= 0.3 is 0 Å². The number of methoxy groups -OCH3 is 2. The molecule has 2 aliphatic rings. The molecule has 1 saturated carbocycles. The Hall–Kier alpha value is -3.26. The van der Waals surface area contributed by atoms with Crippen LogP contribution in [-0.2, 0) is 6.42 Å². The zero-order valence-corrected chi connectivity index (χ0v) is 16.7. The van der Waals surface area contributed by atoms with Crippen molar-refractivity contribution in [1.29, 1.82) is 5.26 Å². The number of nitrogens with zero attached hydrogens (tertiary/aromatic N) is 2. The van der Waals surface area contributed by atoms with Crippen LogP contribution in [0.5, 0.6) is 17.2 Å². The second-order valence-electron chi connectivity index (χ2n) is 7.35. The van der Waals surface area contributed by atoms with E-state index in [-0.39, 0.29) is 12.0 Å². The van der Waals surface area contributed by atoms with E-state index in [1.807, 2.05) is 36.4 Å². The zero-order valence-electron chi connectivity index (χ0n) is 16.7. The number of hydrogen-bond donors (Lipinski definition) is 0. The maximum atomic E-state index is 9.67. The highest BCUT2D eigenvalue weighted by Gasteiger charge is 2.35. The van der Waals surface area contributed by atoms with Gasteiger partial charge in [-0.3, -0.25) is 4.99 Å². The summed E-state index contributed by atoms with van der Waals surface area (Å²) in [5, 5.41) is 9.67. The molecule has 0 bridgehead atoms. The van der Waals surface area contributed by atoms with Gasteiger partial charge < -0.3 is 14.2 Å². The van der Waals surface area contributed by atoms with Gasteiger partial charge in [0.05, 0.1) is 31.9 Å². The second kappa shape index (κ2) is 8.40. The van der Waals surface area contributed by atoms with E-state index in [1.165, 1.54) is 12.8 Å².